The third-order valence-corrected chi connectivity index (χ3v) is 4.19. The van der Waals surface area contributed by atoms with Crippen LogP contribution in [0, 0.1) is 0 Å². The number of piperidine rings is 1. The summed E-state index contributed by atoms with van der Waals surface area (Å²) in [4.78, 5) is 24.9. The van der Waals surface area contributed by atoms with E-state index >= 15 is 0 Å². The molecule has 0 radical (unpaired) electrons. The average molecular weight is 300 g/mol. The first-order valence-corrected chi connectivity index (χ1v) is 7.64. The Morgan fingerprint density at radius 2 is 1.95 bits per heavy atom. The zero-order valence-electron chi connectivity index (χ0n) is 13.5. The molecule has 1 saturated heterocycles. The standard InChI is InChI=1S/C15H28N2O4/c1-5-15(3,4)16-14(20)11(2)17-8-6-12(7-9-17)21-10-13(18)19/h11-12H,5-10H2,1-4H3,(H,16,20)(H,18,19). The summed E-state index contributed by atoms with van der Waals surface area (Å²) < 4.78 is 5.30. The predicted molar refractivity (Wildman–Crippen MR) is 80.2 cm³/mol. The van der Waals surface area contributed by atoms with Crippen LogP contribution in [0.25, 0.3) is 0 Å². The number of nitrogens with one attached hydrogen (secondary N) is 1. The Hall–Kier alpha value is -1.14. The Labute approximate surface area is 126 Å². The van der Waals surface area contributed by atoms with Gasteiger partial charge in [-0.1, -0.05) is 6.92 Å². The van der Waals surface area contributed by atoms with Gasteiger partial charge >= 0.3 is 5.97 Å². The van der Waals surface area contributed by atoms with Gasteiger partial charge in [-0.3, -0.25) is 9.69 Å². The summed E-state index contributed by atoms with van der Waals surface area (Å²) in [7, 11) is 0. The number of carboxylic acid groups (broad SMARTS) is 1. The monoisotopic (exact) mass is 300 g/mol. The number of ether oxygens (including phenoxy) is 1. The molecule has 1 amide bonds. The van der Waals surface area contributed by atoms with Crippen LogP contribution < -0.4 is 5.32 Å². The molecule has 1 aliphatic heterocycles. The largest absolute Gasteiger partial charge is 0.480 e. The molecule has 0 spiro atoms. The number of hydrogen-bond donors (Lipinski definition) is 2. The number of amides is 1. The van der Waals surface area contributed by atoms with Gasteiger partial charge in [0.25, 0.3) is 0 Å². The van der Waals surface area contributed by atoms with Crippen LogP contribution in [0.1, 0.15) is 47.0 Å². The second-order valence-electron chi connectivity index (χ2n) is 6.34. The van der Waals surface area contributed by atoms with Gasteiger partial charge in [0.2, 0.25) is 5.91 Å². The topological polar surface area (TPSA) is 78.9 Å². The van der Waals surface area contributed by atoms with E-state index in [1.807, 2.05) is 20.8 Å². The van der Waals surface area contributed by atoms with Gasteiger partial charge in [-0.25, -0.2) is 4.79 Å². The van der Waals surface area contributed by atoms with E-state index < -0.39 is 5.97 Å². The molecule has 1 unspecified atom stereocenters. The zero-order valence-corrected chi connectivity index (χ0v) is 13.5. The molecule has 1 atom stereocenters. The van der Waals surface area contributed by atoms with Crippen LogP contribution in [-0.4, -0.2) is 59.3 Å². The van der Waals surface area contributed by atoms with Gasteiger partial charge in [0, 0.05) is 18.6 Å². The Balaban J connectivity index is 2.39. The SMILES string of the molecule is CCC(C)(C)NC(=O)C(C)N1CCC(OCC(=O)O)CC1. The summed E-state index contributed by atoms with van der Waals surface area (Å²) in [5.41, 5.74) is -0.186. The summed E-state index contributed by atoms with van der Waals surface area (Å²) in [6.45, 7) is 9.27. The van der Waals surface area contributed by atoms with Crippen LogP contribution in [0.15, 0.2) is 0 Å². The zero-order chi connectivity index (χ0) is 16.0. The number of aliphatic carboxylic acids is 1. The number of hydrogen-bond acceptors (Lipinski definition) is 4. The van der Waals surface area contributed by atoms with E-state index in [-0.39, 0.29) is 30.2 Å². The molecule has 0 aromatic carbocycles. The Morgan fingerprint density at radius 3 is 2.43 bits per heavy atom. The van der Waals surface area contributed by atoms with Crippen molar-refractivity contribution >= 4 is 11.9 Å². The van der Waals surface area contributed by atoms with Gasteiger partial charge in [0.05, 0.1) is 12.1 Å². The second-order valence-corrected chi connectivity index (χ2v) is 6.34. The molecule has 0 bridgehead atoms. The fourth-order valence-electron chi connectivity index (χ4n) is 2.31. The van der Waals surface area contributed by atoms with Crippen molar-refractivity contribution in [2.45, 2.75) is 64.6 Å². The fraction of sp³-hybridized carbons (Fsp3) is 0.867. The molecule has 6 nitrogen and oxygen atoms in total. The molecule has 1 heterocycles. The number of carboxylic acids is 1. The molecule has 0 aromatic heterocycles. The predicted octanol–water partition coefficient (Wildman–Crippen LogP) is 1.25. The fourth-order valence-corrected chi connectivity index (χ4v) is 2.31. The molecule has 6 heteroatoms. The van der Waals surface area contributed by atoms with Crippen molar-refractivity contribution in [3.05, 3.63) is 0 Å². The molecule has 1 rings (SSSR count). The Morgan fingerprint density at radius 1 is 1.38 bits per heavy atom. The highest BCUT2D eigenvalue weighted by molar-refractivity contribution is 5.82. The summed E-state index contributed by atoms with van der Waals surface area (Å²) in [5, 5.41) is 11.7. The number of carbonyl (C=O) groups is 2. The van der Waals surface area contributed by atoms with E-state index in [0.29, 0.717) is 0 Å². The van der Waals surface area contributed by atoms with E-state index in [2.05, 4.69) is 17.1 Å². The third kappa shape index (κ3) is 6.01. The van der Waals surface area contributed by atoms with E-state index in [1.165, 1.54) is 0 Å². The first-order valence-electron chi connectivity index (χ1n) is 7.64. The summed E-state index contributed by atoms with van der Waals surface area (Å²) in [6, 6.07) is -0.170. The molecule has 0 saturated carbocycles. The van der Waals surface area contributed by atoms with Gasteiger partial charge in [0.15, 0.2) is 0 Å². The average Bonchev–Trinajstić information content (AvgIpc) is 2.44. The summed E-state index contributed by atoms with van der Waals surface area (Å²) in [5.74, 6) is -0.890. The lowest BCUT2D eigenvalue weighted by Gasteiger charge is -2.36. The van der Waals surface area contributed by atoms with E-state index in [4.69, 9.17) is 9.84 Å². The number of likely N-dealkylation sites (tertiary alicyclic amines) is 1. The lowest BCUT2D eigenvalue weighted by Crippen LogP contribution is -2.53. The molecule has 1 fully saturated rings. The highest BCUT2D eigenvalue weighted by Gasteiger charge is 2.29. The van der Waals surface area contributed by atoms with Crippen LogP contribution >= 0.6 is 0 Å². The minimum absolute atomic E-state index is 0.0142. The molecule has 21 heavy (non-hydrogen) atoms. The molecule has 1 aliphatic rings. The number of carbonyl (C=O) groups excluding carboxylic acids is 1. The second kappa shape index (κ2) is 7.75. The normalized spacial score (nSPS) is 19.2. The van der Waals surface area contributed by atoms with Crippen molar-refractivity contribution in [1.82, 2.24) is 10.2 Å². The van der Waals surface area contributed by atoms with Gasteiger partial charge in [-0.05, 0) is 40.0 Å². The maximum atomic E-state index is 12.3. The van der Waals surface area contributed by atoms with E-state index in [9.17, 15) is 9.59 Å². The van der Waals surface area contributed by atoms with Gasteiger partial charge in [-0.2, -0.15) is 0 Å². The Bertz CT molecular complexity index is 363. The molecule has 122 valence electrons. The van der Waals surface area contributed by atoms with E-state index in [0.717, 1.165) is 32.4 Å². The third-order valence-electron chi connectivity index (χ3n) is 4.19. The van der Waals surface area contributed by atoms with Crippen molar-refractivity contribution in [2.75, 3.05) is 19.7 Å². The first-order chi connectivity index (χ1) is 9.75. The number of nitrogens with zero attached hydrogens (tertiary/aromatic N) is 1. The van der Waals surface area contributed by atoms with Crippen molar-refractivity contribution in [3.8, 4) is 0 Å². The minimum Gasteiger partial charge on any atom is -0.480 e. The summed E-state index contributed by atoms with van der Waals surface area (Å²) >= 11 is 0. The van der Waals surface area contributed by atoms with E-state index in [1.54, 1.807) is 0 Å². The molecule has 0 aliphatic carbocycles. The maximum absolute atomic E-state index is 12.3. The smallest absolute Gasteiger partial charge is 0.329 e. The van der Waals surface area contributed by atoms with Crippen LogP contribution in [0.5, 0.6) is 0 Å². The maximum Gasteiger partial charge on any atom is 0.329 e. The molecule has 0 aromatic rings. The Kier molecular flexibility index (Phi) is 6.61. The quantitative estimate of drug-likeness (QED) is 0.739. The highest BCUT2D eigenvalue weighted by atomic mass is 16.5. The van der Waals surface area contributed by atoms with Gasteiger partial charge in [0.1, 0.15) is 6.61 Å². The van der Waals surface area contributed by atoms with Crippen molar-refractivity contribution < 1.29 is 19.4 Å². The van der Waals surface area contributed by atoms with Crippen LogP contribution in [-0.2, 0) is 14.3 Å². The van der Waals surface area contributed by atoms with Crippen LogP contribution in [0.4, 0.5) is 0 Å². The highest BCUT2D eigenvalue weighted by Crippen LogP contribution is 2.17. The molecular weight excluding hydrogens is 272 g/mol. The summed E-state index contributed by atoms with van der Waals surface area (Å²) in [6.07, 6.45) is 2.40. The minimum atomic E-state index is -0.938. The lowest BCUT2D eigenvalue weighted by molar-refractivity contribution is -0.145. The first kappa shape index (κ1) is 17.9. The van der Waals surface area contributed by atoms with Crippen molar-refractivity contribution in [2.24, 2.45) is 0 Å². The lowest BCUT2D eigenvalue weighted by atomic mass is 10.0. The molecule has 2 N–H and O–H groups in total. The van der Waals surface area contributed by atoms with Gasteiger partial charge < -0.3 is 15.2 Å². The van der Waals surface area contributed by atoms with Crippen LogP contribution in [0.3, 0.4) is 0 Å². The van der Waals surface area contributed by atoms with Gasteiger partial charge in [-0.15, -0.1) is 0 Å². The van der Waals surface area contributed by atoms with Crippen molar-refractivity contribution in [3.63, 3.8) is 0 Å². The van der Waals surface area contributed by atoms with Crippen LogP contribution in [0.2, 0.25) is 0 Å². The number of rotatable bonds is 7. The van der Waals surface area contributed by atoms with Crippen molar-refractivity contribution in [1.29, 1.82) is 0 Å². The molecular formula is C15H28N2O4.